The van der Waals surface area contributed by atoms with Gasteiger partial charge in [0.15, 0.2) is 12.6 Å². The van der Waals surface area contributed by atoms with Crippen molar-refractivity contribution in [2.75, 3.05) is 0 Å². The first-order valence-electron chi connectivity index (χ1n) is 6.59. The summed E-state index contributed by atoms with van der Waals surface area (Å²) in [5, 5.41) is 4.59. The van der Waals surface area contributed by atoms with Gasteiger partial charge in [-0.05, 0) is 29.8 Å². The predicted octanol–water partition coefficient (Wildman–Crippen LogP) is 2.84. The standard InChI is InChI=1S/C10H9N3O.C6H4ClNO/c1-13-6-9(5-12-13)8-2-3-11-10(4-8)7-14;7-5-1-2-8-6(3-5)4-9/h2-7H,1H3;1-4H. The van der Waals surface area contributed by atoms with Crippen LogP contribution in [0.4, 0.5) is 0 Å². The summed E-state index contributed by atoms with van der Waals surface area (Å²) < 4.78 is 1.72. The molecule has 23 heavy (non-hydrogen) atoms. The number of carbonyl (C=O) groups excluding carboxylic acids is 2. The van der Waals surface area contributed by atoms with Crippen LogP contribution in [-0.4, -0.2) is 32.3 Å². The van der Waals surface area contributed by atoms with Gasteiger partial charge in [-0.2, -0.15) is 5.10 Å². The number of aryl methyl sites for hydroxylation is 1. The Balaban J connectivity index is 0.000000185. The van der Waals surface area contributed by atoms with Gasteiger partial charge >= 0.3 is 0 Å². The minimum absolute atomic E-state index is 0.363. The Morgan fingerprint density at radius 1 is 1.00 bits per heavy atom. The number of rotatable bonds is 3. The molecule has 0 amide bonds. The third kappa shape index (κ3) is 4.82. The molecule has 6 nitrogen and oxygen atoms in total. The Labute approximate surface area is 137 Å². The van der Waals surface area contributed by atoms with Crippen LogP contribution in [0.25, 0.3) is 11.1 Å². The van der Waals surface area contributed by atoms with Crippen LogP contribution in [0.15, 0.2) is 49.1 Å². The van der Waals surface area contributed by atoms with Crippen molar-refractivity contribution in [3.63, 3.8) is 0 Å². The van der Waals surface area contributed by atoms with Gasteiger partial charge in [0.1, 0.15) is 11.4 Å². The molecule has 0 atom stereocenters. The zero-order chi connectivity index (χ0) is 16.7. The number of hydrogen-bond acceptors (Lipinski definition) is 5. The molecule has 0 aliphatic heterocycles. The smallest absolute Gasteiger partial charge is 0.168 e. The third-order valence-electron chi connectivity index (χ3n) is 2.80. The van der Waals surface area contributed by atoms with Gasteiger partial charge in [0.2, 0.25) is 0 Å². The van der Waals surface area contributed by atoms with Gasteiger partial charge < -0.3 is 0 Å². The Morgan fingerprint density at radius 2 is 1.65 bits per heavy atom. The molecule has 3 aromatic rings. The number of carbonyl (C=O) groups is 2. The van der Waals surface area contributed by atoms with E-state index in [9.17, 15) is 9.59 Å². The van der Waals surface area contributed by atoms with Crippen LogP contribution in [0, 0.1) is 0 Å². The lowest BCUT2D eigenvalue weighted by Crippen LogP contribution is -1.86. The third-order valence-corrected chi connectivity index (χ3v) is 3.04. The van der Waals surface area contributed by atoms with Gasteiger partial charge in [-0.25, -0.2) is 0 Å². The summed E-state index contributed by atoms with van der Waals surface area (Å²) in [7, 11) is 1.85. The highest BCUT2D eigenvalue weighted by Gasteiger charge is 2.01. The molecule has 3 aromatic heterocycles. The van der Waals surface area contributed by atoms with E-state index in [4.69, 9.17) is 11.6 Å². The van der Waals surface area contributed by atoms with Crippen molar-refractivity contribution in [2.45, 2.75) is 0 Å². The topological polar surface area (TPSA) is 77.7 Å². The monoisotopic (exact) mass is 328 g/mol. The van der Waals surface area contributed by atoms with Crippen LogP contribution in [0.1, 0.15) is 21.0 Å². The lowest BCUT2D eigenvalue weighted by atomic mass is 10.1. The van der Waals surface area contributed by atoms with Gasteiger partial charge in [-0.15, -0.1) is 0 Å². The summed E-state index contributed by atoms with van der Waals surface area (Å²) in [6.07, 6.45) is 8.15. The zero-order valence-corrected chi connectivity index (χ0v) is 13.0. The Bertz CT molecular complexity index is 817. The van der Waals surface area contributed by atoms with E-state index in [1.165, 1.54) is 12.3 Å². The summed E-state index contributed by atoms with van der Waals surface area (Å²) >= 11 is 5.52. The van der Waals surface area contributed by atoms with Crippen LogP contribution in [0.3, 0.4) is 0 Å². The van der Waals surface area contributed by atoms with Crippen LogP contribution in [0.5, 0.6) is 0 Å². The molecule has 0 aromatic carbocycles. The van der Waals surface area contributed by atoms with Crippen LogP contribution in [0.2, 0.25) is 5.02 Å². The van der Waals surface area contributed by atoms with Gasteiger partial charge in [0.05, 0.1) is 6.20 Å². The average Bonchev–Trinajstić information content (AvgIpc) is 3.02. The fourth-order valence-corrected chi connectivity index (χ4v) is 1.92. The SMILES string of the molecule is Cn1cc(-c2ccnc(C=O)c2)cn1.O=Cc1cc(Cl)ccn1. The average molecular weight is 329 g/mol. The quantitative estimate of drug-likeness (QED) is 0.691. The van der Waals surface area contributed by atoms with E-state index < -0.39 is 0 Å². The van der Waals surface area contributed by atoms with E-state index in [0.29, 0.717) is 22.7 Å². The van der Waals surface area contributed by atoms with Crippen LogP contribution >= 0.6 is 11.6 Å². The molecule has 0 saturated heterocycles. The minimum Gasteiger partial charge on any atom is -0.296 e. The lowest BCUT2D eigenvalue weighted by Gasteiger charge is -1.96. The molecule has 0 unspecified atom stereocenters. The van der Waals surface area contributed by atoms with Gasteiger partial charge in [0, 0.05) is 36.2 Å². The predicted molar refractivity (Wildman–Crippen MR) is 86.5 cm³/mol. The molecule has 0 aliphatic rings. The Kier molecular flexibility index (Phi) is 5.71. The molecule has 3 heterocycles. The van der Waals surface area contributed by atoms with E-state index in [-0.39, 0.29) is 0 Å². The van der Waals surface area contributed by atoms with Crippen molar-refractivity contribution in [3.8, 4) is 11.1 Å². The first kappa shape index (κ1) is 16.5. The second-order valence-electron chi connectivity index (χ2n) is 4.51. The minimum atomic E-state index is 0.363. The second-order valence-corrected chi connectivity index (χ2v) is 4.94. The van der Waals surface area contributed by atoms with E-state index in [0.717, 1.165) is 17.4 Å². The van der Waals surface area contributed by atoms with E-state index in [1.54, 1.807) is 29.2 Å². The van der Waals surface area contributed by atoms with Crippen LogP contribution < -0.4 is 0 Å². The highest BCUT2D eigenvalue weighted by Crippen LogP contribution is 2.17. The Hall–Kier alpha value is -2.86. The Morgan fingerprint density at radius 3 is 2.17 bits per heavy atom. The fourth-order valence-electron chi connectivity index (χ4n) is 1.75. The van der Waals surface area contributed by atoms with Crippen molar-refractivity contribution in [3.05, 3.63) is 65.5 Å². The largest absolute Gasteiger partial charge is 0.296 e. The zero-order valence-electron chi connectivity index (χ0n) is 12.3. The number of halogens is 1. The molecule has 0 aliphatic carbocycles. The maximum Gasteiger partial charge on any atom is 0.168 e. The van der Waals surface area contributed by atoms with Crippen molar-refractivity contribution >= 4 is 24.2 Å². The molecule has 116 valence electrons. The van der Waals surface area contributed by atoms with E-state index in [1.807, 2.05) is 19.3 Å². The summed E-state index contributed by atoms with van der Waals surface area (Å²) in [4.78, 5) is 28.1. The summed E-state index contributed by atoms with van der Waals surface area (Å²) in [6, 6.07) is 6.72. The molecule has 3 rings (SSSR count). The first-order chi connectivity index (χ1) is 11.1. The molecule has 0 spiro atoms. The molecule has 0 radical (unpaired) electrons. The summed E-state index contributed by atoms with van der Waals surface area (Å²) in [6.45, 7) is 0. The second kappa shape index (κ2) is 7.95. The molecule has 7 heteroatoms. The van der Waals surface area contributed by atoms with E-state index >= 15 is 0 Å². The number of pyridine rings is 2. The molecular weight excluding hydrogens is 316 g/mol. The number of aromatic nitrogens is 4. The van der Waals surface area contributed by atoms with Gasteiger partial charge in [-0.3, -0.25) is 24.2 Å². The summed E-state index contributed by atoms with van der Waals surface area (Å²) in [5.41, 5.74) is 2.74. The van der Waals surface area contributed by atoms with Crippen molar-refractivity contribution in [1.29, 1.82) is 0 Å². The number of aldehydes is 2. The van der Waals surface area contributed by atoms with E-state index in [2.05, 4.69) is 15.1 Å². The van der Waals surface area contributed by atoms with Crippen molar-refractivity contribution in [2.24, 2.45) is 7.05 Å². The number of nitrogens with zero attached hydrogens (tertiary/aromatic N) is 4. The normalized spacial score (nSPS) is 9.65. The van der Waals surface area contributed by atoms with Gasteiger partial charge in [-0.1, -0.05) is 11.6 Å². The summed E-state index contributed by atoms with van der Waals surface area (Å²) in [5.74, 6) is 0. The fraction of sp³-hybridized carbons (Fsp3) is 0.0625. The maximum atomic E-state index is 10.5. The highest BCUT2D eigenvalue weighted by molar-refractivity contribution is 6.30. The maximum absolute atomic E-state index is 10.5. The van der Waals surface area contributed by atoms with Gasteiger partial charge in [0.25, 0.3) is 0 Å². The lowest BCUT2D eigenvalue weighted by molar-refractivity contribution is 0.111. The molecular formula is C16H13ClN4O2. The molecule has 0 saturated carbocycles. The van der Waals surface area contributed by atoms with Crippen molar-refractivity contribution < 1.29 is 9.59 Å². The van der Waals surface area contributed by atoms with Crippen molar-refractivity contribution in [1.82, 2.24) is 19.7 Å². The first-order valence-corrected chi connectivity index (χ1v) is 6.97. The highest BCUT2D eigenvalue weighted by atomic mass is 35.5. The molecule has 0 N–H and O–H groups in total. The van der Waals surface area contributed by atoms with Crippen LogP contribution in [-0.2, 0) is 7.05 Å². The molecule has 0 bridgehead atoms. The molecule has 0 fully saturated rings. The number of hydrogen-bond donors (Lipinski definition) is 0.